The van der Waals surface area contributed by atoms with Gasteiger partial charge in [-0.3, -0.25) is 4.79 Å². The van der Waals surface area contributed by atoms with Crippen molar-refractivity contribution in [1.29, 1.82) is 0 Å². The summed E-state index contributed by atoms with van der Waals surface area (Å²) >= 11 is 5.51. The van der Waals surface area contributed by atoms with E-state index in [1.54, 1.807) is 0 Å². The molecule has 0 unspecified atom stereocenters. The van der Waals surface area contributed by atoms with Crippen molar-refractivity contribution in [2.45, 2.75) is 69.7 Å². The van der Waals surface area contributed by atoms with E-state index in [-0.39, 0.29) is 44.3 Å². The van der Waals surface area contributed by atoms with Gasteiger partial charge in [0.25, 0.3) is 0 Å². The van der Waals surface area contributed by atoms with Crippen molar-refractivity contribution >= 4 is 49.1 Å². The second kappa shape index (κ2) is 13.0. The van der Waals surface area contributed by atoms with Crippen molar-refractivity contribution in [3.8, 4) is 0 Å². The van der Waals surface area contributed by atoms with Crippen LogP contribution in [0.25, 0.3) is 0 Å². The van der Waals surface area contributed by atoms with E-state index in [4.69, 9.17) is 5.73 Å². The number of aryl methyl sites for hydroxylation is 2. The lowest BCUT2D eigenvalue weighted by atomic mass is 9.91. The number of nitrogen functional groups attached to an aromatic ring is 1. The van der Waals surface area contributed by atoms with E-state index in [2.05, 4.69) is 37.2 Å². The fraction of sp³-hybridized carbons (Fsp3) is 0.458. The van der Waals surface area contributed by atoms with Gasteiger partial charge < -0.3 is 11.1 Å². The highest BCUT2D eigenvalue weighted by Crippen LogP contribution is 2.55. The van der Waals surface area contributed by atoms with Gasteiger partial charge in [0.05, 0.1) is 5.69 Å². The molecular formula is C24H20Br2F14N2O. The largest absolute Gasteiger partial charge is 0.435 e. The Balaban J connectivity index is 0.000000434. The van der Waals surface area contributed by atoms with Crippen LogP contribution in [-0.2, 0) is 29.0 Å². The van der Waals surface area contributed by atoms with Crippen LogP contribution in [0.5, 0.6) is 0 Å². The number of hydrogen-bond donors (Lipinski definition) is 2. The standard InChI is InChI=1S/C13H11BrF7NO.C11H9BrF7N/c1-3-7-4-8(5-9(14)10(7)22-6(2)23)11(15,12(16,17)18)13(19,20)21;1-2-5-3-6(4-7(12)8(5)20)9(13,10(14,15)16)11(17,18)19/h4-5H,3H2,1-2H3,(H,22,23);3-4H,2,20H2,1H3. The van der Waals surface area contributed by atoms with Crippen LogP contribution in [0.15, 0.2) is 33.2 Å². The van der Waals surface area contributed by atoms with E-state index >= 15 is 0 Å². The summed E-state index contributed by atoms with van der Waals surface area (Å²) in [6.07, 6.45) is -24.6. The predicted molar refractivity (Wildman–Crippen MR) is 136 cm³/mol. The molecule has 0 radical (unpaired) electrons. The molecule has 19 heteroatoms. The third-order valence-electron chi connectivity index (χ3n) is 5.81. The van der Waals surface area contributed by atoms with Crippen LogP contribution in [0.1, 0.15) is 43.0 Å². The van der Waals surface area contributed by atoms with Crippen LogP contribution in [-0.4, -0.2) is 30.6 Å². The smallest absolute Gasteiger partial charge is 0.398 e. The molecule has 2 aromatic carbocycles. The number of rotatable bonds is 5. The topological polar surface area (TPSA) is 55.1 Å². The van der Waals surface area contributed by atoms with E-state index in [1.807, 2.05) is 0 Å². The molecule has 2 rings (SSSR count). The number of anilines is 2. The first-order chi connectivity index (χ1) is 19.1. The third-order valence-corrected chi connectivity index (χ3v) is 7.09. The molecule has 0 atom stereocenters. The Bertz CT molecular complexity index is 1290. The van der Waals surface area contributed by atoms with E-state index in [9.17, 15) is 66.3 Å². The number of amides is 1. The Kier molecular flexibility index (Phi) is 11.7. The first kappa shape index (κ1) is 38.7. The highest BCUT2D eigenvalue weighted by Gasteiger charge is 2.74. The van der Waals surface area contributed by atoms with Gasteiger partial charge in [0.1, 0.15) is 0 Å². The van der Waals surface area contributed by atoms with Crippen molar-refractivity contribution < 1.29 is 66.3 Å². The van der Waals surface area contributed by atoms with E-state index in [1.165, 1.54) is 13.8 Å². The lowest BCUT2D eigenvalue weighted by Crippen LogP contribution is -2.50. The molecule has 2 aromatic rings. The van der Waals surface area contributed by atoms with E-state index in [0.29, 0.717) is 24.3 Å². The molecule has 3 N–H and O–H groups in total. The van der Waals surface area contributed by atoms with Crippen molar-refractivity contribution in [3.63, 3.8) is 0 Å². The van der Waals surface area contributed by atoms with Gasteiger partial charge in [-0.15, -0.1) is 0 Å². The number of alkyl halides is 14. The monoisotopic (exact) mass is 776 g/mol. The second-order valence-corrected chi connectivity index (χ2v) is 10.4. The van der Waals surface area contributed by atoms with Crippen molar-refractivity contribution in [3.05, 3.63) is 55.5 Å². The minimum atomic E-state index is -6.19. The Hall–Kier alpha value is -2.31. The summed E-state index contributed by atoms with van der Waals surface area (Å²) in [6, 6.07) is 1.71. The van der Waals surface area contributed by atoms with Crippen molar-refractivity contribution in [2.75, 3.05) is 11.1 Å². The van der Waals surface area contributed by atoms with E-state index < -0.39 is 53.1 Å². The van der Waals surface area contributed by atoms with Gasteiger partial charge in [-0.2, -0.15) is 52.7 Å². The number of nitrogens with two attached hydrogens (primary N) is 1. The molecule has 0 saturated carbocycles. The molecular weight excluding hydrogens is 758 g/mol. The zero-order chi connectivity index (χ0) is 34.1. The van der Waals surface area contributed by atoms with Crippen LogP contribution in [0, 0.1) is 0 Å². The number of hydrogen-bond acceptors (Lipinski definition) is 2. The summed E-state index contributed by atoms with van der Waals surface area (Å²) in [5, 5.41) is 2.28. The van der Waals surface area contributed by atoms with Gasteiger partial charge in [0, 0.05) is 32.7 Å². The minimum absolute atomic E-state index is 0.00421. The molecule has 0 aliphatic carbocycles. The maximum atomic E-state index is 14.1. The Morgan fingerprint density at radius 2 is 0.977 bits per heavy atom. The Morgan fingerprint density at radius 3 is 1.28 bits per heavy atom. The molecule has 244 valence electrons. The molecule has 0 fully saturated rings. The number of nitrogens with one attached hydrogen (secondary N) is 1. The summed E-state index contributed by atoms with van der Waals surface area (Å²) in [6.45, 7) is 4.03. The van der Waals surface area contributed by atoms with Crippen LogP contribution in [0.3, 0.4) is 0 Å². The average Bonchev–Trinajstić information content (AvgIpc) is 2.82. The normalized spacial score (nSPS) is 13.4. The van der Waals surface area contributed by atoms with Gasteiger partial charge in [-0.05, 0) is 80.1 Å². The SMILES string of the molecule is CCc1cc(C(F)(C(F)(F)F)C(F)(F)F)cc(Br)c1N.CCc1cc(C(F)(C(F)(F)F)C(F)(F)F)cc(Br)c1NC(C)=O. The summed E-state index contributed by atoms with van der Waals surface area (Å²) < 4.78 is 180. The number of benzene rings is 2. The summed E-state index contributed by atoms with van der Waals surface area (Å²) in [5.41, 5.74) is -8.72. The maximum absolute atomic E-state index is 14.1. The van der Waals surface area contributed by atoms with Crippen LogP contribution in [0.2, 0.25) is 0 Å². The van der Waals surface area contributed by atoms with Gasteiger partial charge >= 0.3 is 36.0 Å². The Morgan fingerprint density at radius 1 is 0.651 bits per heavy atom. The lowest BCUT2D eigenvalue weighted by molar-refractivity contribution is -0.349. The van der Waals surface area contributed by atoms with Gasteiger partial charge in [-0.25, -0.2) is 8.78 Å². The first-order valence-electron chi connectivity index (χ1n) is 11.4. The molecule has 0 spiro atoms. The minimum Gasteiger partial charge on any atom is -0.398 e. The fourth-order valence-corrected chi connectivity index (χ4v) is 4.70. The van der Waals surface area contributed by atoms with E-state index in [0.717, 1.165) is 6.92 Å². The zero-order valence-electron chi connectivity index (χ0n) is 21.8. The van der Waals surface area contributed by atoms with Gasteiger partial charge in [0.2, 0.25) is 5.91 Å². The highest BCUT2D eigenvalue weighted by molar-refractivity contribution is 9.11. The maximum Gasteiger partial charge on any atom is 0.435 e. The molecule has 0 saturated heterocycles. The number of carbonyl (C=O) groups excluding carboxylic acids is 1. The van der Waals surface area contributed by atoms with Crippen molar-refractivity contribution in [1.82, 2.24) is 0 Å². The second-order valence-electron chi connectivity index (χ2n) is 8.72. The summed E-state index contributed by atoms with van der Waals surface area (Å²) in [4.78, 5) is 11.1. The molecule has 0 aromatic heterocycles. The van der Waals surface area contributed by atoms with Crippen molar-refractivity contribution in [2.24, 2.45) is 0 Å². The quantitative estimate of drug-likeness (QED) is 0.235. The van der Waals surface area contributed by atoms with Gasteiger partial charge in [-0.1, -0.05) is 13.8 Å². The van der Waals surface area contributed by atoms with Gasteiger partial charge in [0.15, 0.2) is 0 Å². The number of halogens is 16. The molecule has 43 heavy (non-hydrogen) atoms. The Labute approximate surface area is 251 Å². The highest BCUT2D eigenvalue weighted by atomic mass is 79.9. The molecule has 0 bridgehead atoms. The lowest BCUT2D eigenvalue weighted by Gasteiger charge is -2.31. The van der Waals surface area contributed by atoms with Crippen LogP contribution in [0.4, 0.5) is 72.8 Å². The first-order valence-corrected chi connectivity index (χ1v) is 13.0. The average molecular weight is 778 g/mol. The molecule has 0 aliphatic rings. The summed E-state index contributed by atoms with van der Waals surface area (Å²) in [7, 11) is 0. The predicted octanol–water partition coefficient (Wildman–Crippen LogP) is 10.1. The van der Waals surface area contributed by atoms with Crippen LogP contribution < -0.4 is 11.1 Å². The molecule has 0 aliphatic heterocycles. The summed E-state index contributed by atoms with van der Waals surface area (Å²) in [5.74, 6) is -0.577. The molecule has 0 heterocycles. The van der Waals surface area contributed by atoms with Crippen LogP contribution >= 0.6 is 31.9 Å². The third kappa shape index (κ3) is 7.68. The zero-order valence-corrected chi connectivity index (χ0v) is 24.9. The number of carbonyl (C=O) groups is 1. The molecule has 3 nitrogen and oxygen atoms in total. The molecule has 1 amide bonds. The fourth-order valence-electron chi connectivity index (χ4n) is 3.60.